The third-order valence-electron chi connectivity index (χ3n) is 1.24. The first-order valence-electron chi connectivity index (χ1n) is 4.40. The Morgan fingerprint density at radius 2 is 1.86 bits per heavy atom. The van der Waals surface area contributed by atoms with Crippen molar-refractivity contribution in [2.24, 2.45) is 5.41 Å². The molecule has 86 valence electrons. The quantitative estimate of drug-likeness (QED) is 0.461. The van der Waals surface area contributed by atoms with Crippen molar-refractivity contribution in [3.63, 3.8) is 0 Å². The highest BCUT2D eigenvalue weighted by atomic mass is 17.1. The van der Waals surface area contributed by atoms with E-state index in [1.165, 1.54) is 0 Å². The molecule has 0 saturated carbocycles. The van der Waals surface area contributed by atoms with E-state index in [1.807, 2.05) is 0 Å². The van der Waals surface area contributed by atoms with Gasteiger partial charge in [0, 0.05) is 6.61 Å². The Balaban J connectivity index is 0. The number of hydrogen-bond acceptors (Lipinski definition) is 5. The minimum atomic E-state index is -0.613. The zero-order chi connectivity index (χ0) is 11.8. The van der Waals surface area contributed by atoms with Crippen LogP contribution in [0.1, 0.15) is 34.1 Å². The van der Waals surface area contributed by atoms with Gasteiger partial charge in [0.15, 0.2) is 0 Å². The van der Waals surface area contributed by atoms with E-state index in [0.29, 0.717) is 6.42 Å². The first kappa shape index (κ1) is 15.8. The van der Waals surface area contributed by atoms with Gasteiger partial charge in [0.05, 0.1) is 11.5 Å². The minimum Gasteiger partial charge on any atom is -0.396 e. The molecule has 5 nitrogen and oxygen atoms in total. The van der Waals surface area contributed by atoms with Crippen molar-refractivity contribution in [3.05, 3.63) is 0 Å². The fourth-order valence-corrected chi connectivity index (χ4v) is 0.324. The molecule has 0 aliphatic carbocycles. The summed E-state index contributed by atoms with van der Waals surface area (Å²) in [5, 5.41) is 24.3. The predicted octanol–water partition coefficient (Wildman–Crippen LogP) is 0.798. The van der Waals surface area contributed by atoms with Gasteiger partial charge < -0.3 is 15.1 Å². The van der Waals surface area contributed by atoms with E-state index in [2.05, 4.69) is 4.89 Å². The molecule has 0 bridgehead atoms. The maximum absolute atomic E-state index is 10.4. The summed E-state index contributed by atoms with van der Waals surface area (Å²) in [7, 11) is 0. The molecule has 1 unspecified atom stereocenters. The van der Waals surface area contributed by atoms with Crippen LogP contribution in [-0.4, -0.2) is 34.2 Å². The average Bonchev–Trinajstić information content (AvgIpc) is 2.02. The molecule has 0 rings (SSSR count). The molecule has 0 aliphatic rings. The van der Waals surface area contributed by atoms with Gasteiger partial charge in [-0.25, -0.2) is 4.79 Å². The van der Waals surface area contributed by atoms with Gasteiger partial charge in [-0.1, -0.05) is 0 Å². The SMILES string of the molecule is CC(C)(C)C(=O)OO.CC(O)CCO. The Morgan fingerprint density at radius 1 is 1.43 bits per heavy atom. The third kappa shape index (κ3) is 11.4. The fourth-order valence-electron chi connectivity index (χ4n) is 0.324. The molecule has 1 atom stereocenters. The van der Waals surface area contributed by atoms with Crippen LogP contribution in [0.3, 0.4) is 0 Å². The molecule has 3 N–H and O–H groups in total. The second kappa shape index (κ2) is 7.73. The molecule has 0 radical (unpaired) electrons. The van der Waals surface area contributed by atoms with Gasteiger partial charge in [-0.15, -0.1) is 0 Å². The smallest absolute Gasteiger partial charge is 0.347 e. The van der Waals surface area contributed by atoms with Gasteiger partial charge in [-0.2, -0.15) is 5.26 Å². The zero-order valence-corrected chi connectivity index (χ0v) is 9.15. The molecular formula is C9H20O5. The van der Waals surface area contributed by atoms with Crippen molar-refractivity contribution in [3.8, 4) is 0 Å². The summed E-state index contributed by atoms with van der Waals surface area (Å²) in [5.41, 5.74) is -0.602. The average molecular weight is 208 g/mol. The number of rotatable bonds is 2. The molecule has 14 heavy (non-hydrogen) atoms. The highest BCUT2D eigenvalue weighted by molar-refractivity contribution is 5.74. The molecular weight excluding hydrogens is 188 g/mol. The van der Waals surface area contributed by atoms with Crippen molar-refractivity contribution in [2.45, 2.75) is 40.2 Å². The zero-order valence-electron chi connectivity index (χ0n) is 9.15. The second-order valence-electron chi connectivity index (χ2n) is 3.99. The van der Waals surface area contributed by atoms with Gasteiger partial charge in [0.1, 0.15) is 0 Å². The lowest BCUT2D eigenvalue weighted by Gasteiger charge is -2.11. The summed E-state index contributed by atoms with van der Waals surface area (Å²) in [6.07, 6.45) is 0.134. The molecule has 0 saturated heterocycles. The van der Waals surface area contributed by atoms with Crippen molar-refractivity contribution in [1.29, 1.82) is 0 Å². The van der Waals surface area contributed by atoms with Crippen LogP contribution in [0.15, 0.2) is 0 Å². The van der Waals surface area contributed by atoms with E-state index in [9.17, 15) is 4.79 Å². The van der Waals surface area contributed by atoms with Gasteiger partial charge >= 0.3 is 5.97 Å². The summed E-state index contributed by atoms with van der Waals surface area (Å²) < 4.78 is 0. The molecule has 0 aliphatic heterocycles. The molecule has 0 heterocycles. The van der Waals surface area contributed by atoms with E-state index in [4.69, 9.17) is 15.5 Å². The number of aliphatic hydroxyl groups excluding tert-OH is 2. The molecule has 5 heteroatoms. The van der Waals surface area contributed by atoms with Crippen molar-refractivity contribution < 1.29 is 25.2 Å². The van der Waals surface area contributed by atoms with E-state index < -0.39 is 11.4 Å². The maximum Gasteiger partial charge on any atom is 0.347 e. The van der Waals surface area contributed by atoms with Crippen LogP contribution >= 0.6 is 0 Å². The van der Waals surface area contributed by atoms with Crippen molar-refractivity contribution >= 4 is 5.97 Å². The van der Waals surface area contributed by atoms with Crippen LogP contribution in [0, 0.1) is 5.41 Å². The Bertz CT molecular complexity index is 148. The summed E-state index contributed by atoms with van der Waals surface area (Å²) in [6.45, 7) is 6.70. The van der Waals surface area contributed by atoms with Crippen LogP contribution in [-0.2, 0) is 9.68 Å². The predicted molar refractivity (Wildman–Crippen MR) is 51.6 cm³/mol. The molecule has 0 spiro atoms. The van der Waals surface area contributed by atoms with E-state index in [-0.39, 0.29) is 12.7 Å². The molecule has 0 aromatic heterocycles. The third-order valence-corrected chi connectivity index (χ3v) is 1.24. The molecule has 0 amide bonds. The summed E-state index contributed by atoms with van der Waals surface area (Å²) in [5.74, 6) is -0.613. The standard InChI is InChI=1S/C5H10O3.C4H10O2/c1-5(2,3)4(6)8-7;1-4(6)2-3-5/h7H,1-3H3;4-6H,2-3H2,1H3. The lowest BCUT2D eigenvalue weighted by Crippen LogP contribution is -2.21. The van der Waals surface area contributed by atoms with Crippen molar-refractivity contribution in [1.82, 2.24) is 0 Å². The lowest BCUT2D eigenvalue weighted by atomic mass is 9.98. The van der Waals surface area contributed by atoms with Crippen LogP contribution < -0.4 is 0 Å². The Kier molecular flexibility index (Phi) is 8.72. The first-order valence-corrected chi connectivity index (χ1v) is 4.40. The minimum absolute atomic E-state index is 0.0810. The molecule has 0 aromatic carbocycles. The normalized spacial score (nSPS) is 12.5. The highest BCUT2D eigenvalue weighted by Crippen LogP contribution is 2.13. The number of carbonyl (C=O) groups excluding carboxylic acids is 1. The van der Waals surface area contributed by atoms with Gasteiger partial charge in [-0.3, -0.25) is 0 Å². The van der Waals surface area contributed by atoms with Crippen LogP contribution in [0.25, 0.3) is 0 Å². The monoisotopic (exact) mass is 208 g/mol. The number of aliphatic hydroxyl groups is 2. The first-order chi connectivity index (χ1) is 6.25. The summed E-state index contributed by atoms with van der Waals surface area (Å²) >= 11 is 0. The summed E-state index contributed by atoms with van der Waals surface area (Å²) in [6, 6.07) is 0. The van der Waals surface area contributed by atoms with Gasteiger partial charge in [0.25, 0.3) is 0 Å². The fraction of sp³-hybridized carbons (Fsp3) is 0.889. The van der Waals surface area contributed by atoms with Crippen LogP contribution in [0.2, 0.25) is 0 Å². The molecule has 0 aromatic rings. The summed E-state index contributed by atoms with van der Waals surface area (Å²) in [4.78, 5) is 13.8. The van der Waals surface area contributed by atoms with Gasteiger partial charge in [-0.05, 0) is 34.1 Å². The highest BCUT2D eigenvalue weighted by Gasteiger charge is 2.22. The van der Waals surface area contributed by atoms with E-state index in [0.717, 1.165) is 0 Å². The van der Waals surface area contributed by atoms with Gasteiger partial charge in [0.2, 0.25) is 0 Å². The Morgan fingerprint density at radius 3 is 1.86 bits per heavy atom. The largest absolute Gasteiger partial charge is 0.396 e. The number of carbonyl (C=O) groups is 1. The number of hydrogen-bond donors (Lipinski definition) is 3. The topological polar surface area (TPSA) is 87.0 Å². The maximum atomic E-state index is 10.4. The van der Waals surface area contributed by atoms with Crippen LogP contribution in [0.4, 0.5) is 0 Å². The van der Waals surface area contributed by atoms with Crippen molar-refractivity contribution in [2.75, 3.05) is 6.61 Å². The Hall–Kier alpha value is -0.650. The van der Waals surface area contributed by atoms with Crippen LogP contribution in [0.5, 0.6) is 0 Å². The van der Waals surface area contributed by atoms with E-state index >= 15 is 0 Å². The lowest BCUT2D eigenvalue weighted by molar-refractivity contribution is -0.243. The van der Waals surface area contributed by atoms with E-state index in [1.54, 1.807) is 27.7 Å². The Labute approximate surface area is 84.3 Å². The second-order valence-corrected chi connectivity index (χ2v) is 3.99. The molecule has 0 fully saturated rings.